The predicted molar refractivity (Wildman–Crippen MR) is 65.4 cm³/mol. The molecule has 1 fully saturated rings. The van der Waals surface area contributed by atoms with Gasteiger partial charge in [0.1, 0.15) is 5.82 Å². The van der Waals surface area contributed by atoms with Crippen LogP contribution in [0.1, 0.15) is 25.3 Å². The summed E-state index contributed by atoms with van der Waals surface area (Å²) >= 11 is 0. The summed E-state index contributed by atoms with van der Waals surface area (Å²) in [7, 11) is 0. The van der Waals surface area contributed by atoms with E-state index >= 15 is 0 Å². The van der Waals surface area contributed by atoms with Crippen molar-refractivity contribution < 1.29 is 4.74 Å². The normalized spacial score (nSPS) is 25.4. The molecule has 2 unspecified atom stereocenters. The Morgan fingerprint density at radius 1 is 1.56 bits per heavy atom. The molecule has 0 aliphatic carbocycles. The van der Waals surface area contributed by atoms with Gasteiger partial charge in [0.25, 0.3) is 0 Å². The van der Waals surface area contributed by atoms with Gasteiger partial charge in [-0.3, -0.25) is 0 Å². The van der Waals surface area contributed by atoms with Crippen molar-refractivity contribution in [2.75, 3.05) is 17.7 Å². The summed E-state index contributed by atoms with van der Waals surface area (Å²) in [4.78, 5) is 4.28. The lowest BCUT2D eigenvalue weighted by Crippen LogP contribution is -2.32. The topological polar surface area (TPSA) is 60.2 Å². The first-order valence-corrected chi connectivity index (χ1v) is 5.75. The Balaban J connectivity index is 2.00. The third-order valence-corrected chi connectivity index (χ3v) is 2.99. The van der Waals surface area contributed by atoms with E-state index in [1.807, 2.05) is 13.0 Å². The zero-order chi connectivity index (χ0) is 11.5. The van der Waals surface area contributed by atoms with Gasteiger partial charge in [-0.1, -0.05) is 0 Å². The first-order valence-electron chi connectivity index (χ1n) is 5.75. The third-order valence-electron chi connectivity index (χ3n) is 2.99. The fourth-order valence-corrected chi connectivity index (χ4v) is 1.98. The molecule has 4 nitrogen and oxygen atoms in total. The van der Waals surface area contributed by atoms with Gasteiger partial charge in [0.05, 0.1) is 18.0 Å². The number of anilines is 2. The van der Waals surface area contributed by atoms with Crippen molar-refractivity contribution in [3.63, 3.8) is 0 Å². The van der Waals surface area contributed by atoms with Crippen LogP contribution in [-0.4, -0.2) is 23.7 Å². The van der Waals surface area contributed by atoms with Crippen LogP contribution in [0.15, 0.2) is 12.3 Å². The maximum absolute atomic E-state index is 5.73. The van der Waals surface area contributed by atoms with E-state index in [4.69, 9.17) is 10.5 Å². The predicted octanol–water partition coefficient (Wildman–Crippen LogP) is 1.95. The van der Waals surface area contributed by atoms with Crippen molar-refractivity contribution in [1.82, 2.24) is 4.98 Å². The molecule has 0 saturated carbocycles. The fraction of sp³-hybridized carbons (Fsp3) is 0.583. The van der Waals surface area contributed by atoms with Crippen LogP contribution in [0.2, 0.25) is 0 Å². The summed E-state index contributed by atoms with van der Waals surface area (Å²) in [5.74, 6) is 0.908. The van der Waals surface area contributed by atoms with Crippen LogP contribution in [0.5, 0.6) is 0 Å². The van der Waals surface area contributed by atoms with Gasteiger partial charge in [0.15, 0.2) is 0 Å². The second-order valence-corrected chi connectivity index (χ2v) is 4.47. The maximum atomic E-state index is 5.73. The Morgan fingerprint density at radius 2 is 2.38 bits per heavy atom. The number of aryl methyl sites for hydroxylation is 1. The third kappa shape index (κ3) is 2.64. The molecular formula is C12H19N3O. The average Bonchev–Trinajstić information content (AvgIpc) is 2.24. The van der Waals surface area contributed by atoms with Gasteiger partial charge in [-0.05, 0) is 38.3 Å². The van der Waals surface area contributed by atoms with E-state index in [-0.39, 0.29) is 0 Å². The molecule has 1 saturated heterocycles. The first kappa shape index (κ1) is 11.2. The van der Waals surface area contributed by atoms with Crippen LogP contribution < -0.4 is 11.1 Å². The summed E-state index contributed by atoms with van der Waals surface area (Å²) in [5.41, 5.74) is 7.54. The smallest absolute Gasteiger partial charge is 0.126 e. The van der Waals surface area contributed by atoms with Crippen LogP contribution >= 0.6 is 0 Å². The summed E-state index contributed by atoms with van der Waals surface area (Å²) in [5, 5.41) is 3.43. The van der Waals surface area contributed by atoms with Gasteiger partial charge in [0, 0.05) is 12.6 Å². The number of ether oxygens (including phenoxy) is 1. The Bertz CT molecular complexity index is 367. The van der Waals surface area contributed by atoms with Crippen LogP contribution in [0.3, 0.4) is 0 Å². The van der Waals surface area contributed by atoms with Crippen LogP contribution in [0.4, 0.5) is 11.5 Å². The quantitative estimate of drug-likeness (QED) is 0.801. The number of nitrogens with two attached hydrogens (primary N) is 1. The molecular weight excluding hydrogens is 202 g/mol. The molecule has 0 spiro atoms. The summed E-state index contributed by atoms with van der Waals surface area (Å²) in [6.45, 7) is 4.93. The fourth-order valence-electron chi connectivity index (χ4n) is 1.98. The van der Waals surface area contributed by atoms with E-state index in [9.17, 15) is 0 Å². The van der Waals surface area contributed by atoms with Crippen molar-refractivity contribution in [1.29, 1.82) is 0 Å². The molecule has 3 N–H and O–H groups in total. The summed E-state index contributed by atoms with van der Waals surface area (Å²) < 4.78 is 5.51. The highest BCUT2D eigenvalue weighted by atomic mass is 16.5. The summed E-state index contributed by atoms with van der Waals surface area (Å²) in [6, 6.07) is 2.45. The zero-order valence-electron chi connectivity index (χ0n) is 9.86. The van der Waals surface area contributed by atoms with Gasteiger partial charge in [-0.15, -0.1) is 0 Å². The van der Waals surface area contributed by atoms with Gasteiger partial charge >= 0.3 is 0 Å². The monoisotopic (exact) mass is 221 g/mol. The first-order chi connectivity index (χ1) is 7.65. The van der Waals surface area contributed by atoms with E-state index in [0.29, 0.717) is 12.1 Å². The summed E-state index contributed by atoms with van der Waals surface area (Å²) in [6.07, 6.45) is 4.11. The van der Waals surface area contributed by atoms with Crippen molar-refractivity contribution >= 4 is 11.5 Å². The van der Waals surface area contributed by atoms with Gasteiger partial charge < -0.3 is 15.8 Å². The average molecular weight is 221 g/mol. The molecule has 1 aromatic heterocycles. The molecule has 0 radical (unpaired) electrons. The molecule has 0 bridgehead atoms. The molecule has 2 rings (SSSR count). The number of nitrogens with zero attached hydrogens (tertiary/aromatic N) is 1. The van der Waals surface area contributed by atoms with Crippen LogP contribution in [-0.2, 0) is 4.74 Å². The van der Waals surface area contributed by atoms with E-state index in [2.05, 4.69) is 17.2 Å². The second kappa shape index (κ2) is 4.70. The lowest BCUT2D eigenvalue weighted by atomic mass is 10.0. The van der Waals surface area contributed by atoms with Crippen molar-refractivity contribution in [3.8, 4) is 0 Å². The molecule has 1 aromatic rings. The Kier molecular flexibility index (Phi) is 3.29. The molecule has 4 heteroatoms. The van der Waals surface area contributed by atoms with Crippen molar-refractivity contribution in [2.24, 2.45) is 0 Å². The van der Waals surface area contributed by atoms with Crippen LogP contribution in [0.25, 0.3) is 0 Å². The van der Waals surface area contributed by atoms with E-state index < -0.39 is 0 Å². The van der Waals surface area contributed by atoms with E-state index in [1.165, 1.54) is 0 Å². The minimum atomic E-state index is 0.334. The number of rotatable bonds is 2. The number of nitrogen functional groups attached to an aromatic ring is 1. The van der Waals surface area contributed by atoms with Gasteiger partial charge in [0.2, 0.25) is 0 Å². The highest BCUT2D eigenvalue weighted by molar-refractivity contribution is 5.51. The molecule has 88 valence electrons. The molecule has 16 heavy (non-hydrogen) atoms. The Morgan fingerprint density at radius 3 is 3.06 bits per heavy atom. The maximum Gasteiger partial charge on any atom is 0.126 e. The highest BCUT2D eigenvalue weighted by Crippen LogP contribution is 2.19. The number of pyridine rings is 1. The SMILES string of the molecule is Cc1cc(NC2CCOC(C)C2)ncc1N. The largest absolute Gasteiger partial charge is 0.397 e. The Labute approximate surface area is 96.2 Å². The molecule has 1 aliphatic heterocycles. The minimum Gasteiger partial charge on any atom is -0.397 e. The van der Waals surface area contributed by atoms with Crippen molar-refractivity contribution in [2.45, 2.75) is 38.8 Å². The standard InChI is InChI=1S/C12H19N3O/c1-8-5-12(14-7-11(8)13)15-10-3-4-16-9(2)6-10/h5,7,9-10H,3-4,6,13H2,1-2H3,(H,14,15). The molecule has 0 amide bonds. The zero-order valence-corrected chi connectivity index (χ0v) is 9.86. The molecule has 1 aliphatic rings. The number of nitrogens with one attached hydrogen (secondary N) is 1. The minimum absolute atomic E-state index is 0.334. The highest BCUT2D eigenvalue weighted by Gasteiger charge is 2.19. The molecule has 2 atom stereocenters. The molecule has 2 heterocycles. The lowest BCUT2D eigenvalue weighted by Gasteiger charge is -2.28. The van der Waals surface area contributed by atoms with E-state index in [0.717, 1.165) is 36.5 Å². The number of hydrogen-bond acceptors (Lipinski definition) is 4. The van der Waals surface area contributed by atoms with Crippen molar-refractivity contribution in [3.05, 3.63) is 17.8 Å². The van der Waals surface area contributed by atoms with Gasteiger partial charge in [-0.25, -0.2) is 4.98 Å². The van der Waals surface area contributed by atoms with Gasteiger partial charge in [-0.2, -0.15) is 0 Å². The molecule has 0 aromatic carbocycles. The van der Waals surface area contributed by atoms with Crippen LogP contribution in [0, 0.1) is 6.92 Å². The Hall–Kier alpha value is -1.29. The lowest BCUT2D eigenvalue weighted by molar-refractivity contribution is 0.0232. The number of aromatic nitrogens is 1. The number of hydrogen-bond donors (Lipinski definition) is 2. The second-order valence-electron chi connectivity index (χ2n) is 4.47. The van der Waals surface area contributed by atoms with E-state index in [1.54, 1.807) is 6.20 Å².